The van der Waals surface area contributed by atoms with E-state index in [2.05, 4.69) is 34.6 Å². The van der Waals surface area contributed by atoms with Crippen LogP contribution in [0.3, 0.4) is 0 Å². The van der Waals surface area contributed by atoms with Crippen molar-refractivity contribution in [2.24, 2.45) is 5.41 Å². The van der Waals surface area contributed by atoms with E-state index in [4.69, 9.17) is 0 Å². The van der Waals surface area contributed by atoms with E-state index < -0.39 is 0 Å². The number of amides is 1. The minimum absolute atomic E-state index is 0.00368. The first-order valence-electron chi connectivity index (χ1n) is 14.4. The van der Waals surface area contributed by atoms with E-state index in [0.29, 0.717) is 11.8 Å². The summed E-state index contributed by atoms with van der Waals surface area (Å²) in [7, 11) is 0. The maximum atomic E-state index is 13.2. The molecular weight excluding hydrogens is 460 g/mol. The number of piperidine rings is 1. The number of anilines is 1. The number of rotatable bonds is 6. The number of hydrogen-bond acceptors (Lipinski definition) is 3. The Balaban J connectivity index is 1.25. The van der Waals surface area contributed by atoms with E-state index in [1.807, 2.05) is 13.8 Å². The van der Waals surface area contributed by atoms with Crippen molar-refractivity contribution in [1.82, 2.24) is 5.32 Å². The SMILES string of the molecule is Cc1cc(O)cc(C)c1C[C@H]([NH3+])C(=O)N[C@@H]1CCNc2ccc(C[NH+]3CCCC4(CCCCC4)C3)cc21. The molecule has 2 aromatic rings. The minimum atomic E-state index is -0.382. The Hall–Kier alpha value is -2.57. The summed E-state index contributed by atoms with van der Waals surface area (Å²) in [5.74, 6) is 0.266. The highest BCUT2D eigenvalue weighted by Gasteiger charge is 2.39. The zero-order valence-electron chi connectivity index (χ0n) is 22.8. The Bertz CT molecular complexity index is 1100. The van der Waals surface area contributed by atoms with Crippen LogP contribution in [0.4, 0.5) is 5.69 Å². The van der Waals surface area contributed by atoms with Gasteiger partial charge < -0.3 is 26.4 Å². The number of aryl methyl sites for hydroxylation is 2. The van der Waals surface area contributed by atoms with Crippen LogP contribution in [-0.2, 0) is 17.8 Å². The predicted molar refractivity (Wildman–Crippen MR) is 148 cm³/mol. The van der Waals surface area contributed by atoms with Crippen molar-refractivity contribution in [3.8, 4) is 5.75 Å². The Morgan fingerprint density at radius 2 is 1.86 bits per heavy atom. The zero-order chi connectivity index (χ0) is 26.0. The molecule has 200 valence electrons. The van der Waals surface area contributed by atoms with Gasteiger partial charge in [-0.1, -0.05) is 25.3 Å². The standard InChI is InChI=1S/C31H44N4O2/c1-21-15-24(36)16-22(2)25(21)18-27(32)30(37)34-29-9-13-33-28-8-7-23(17-26(28)29)19-35-14-6-12-31(20-35)10-4-3-5-11-31/h7-8,15-17,27,29,33,36H,3-6,9-14,18-20,32H2,1-2H3,(H,34,37)/p+2/t27-,29+/m0/s1. The number of likely N-dealkylation sites (tertiary alicyclic amines) is 1. The van der Waals surface area contributed by atoms with Gasteiger partial charge in [0, 0.05) is 29.6 Å². The van der Waals surface area contributed by atoms with Crippen LogP contribution >= 0.6 is 0 Å². The number of carbonyl (C=O) groups is 1. The summed E-state index contributed by atoms with van der Waals surface area (Å²) in [6, 6.07) is 9.99. The summed E-state index contributed by atoms with van der Waals surface area (Å²) >= 11 is 0. The number of aromatic hydroxyl groups is 1. The fourth-order valence-corrected chi connectivity index (χ4v) is 7.34. The molecule has 2 aromatic carbocycles. The third-order valence-corrected chi connectivity index (χ3v) is 9.29. The number of benzene rings is 2. The van der Waals surface area contributed by atoms with Crippen molar-refractivity contribution >= 4 is 11.6 Å². The largest absolute Gasteiger partial charge is 0.508 e. The molecule has 0 bridgehead atoms. The van der Waals surface area contributed by atoms with Crippen LogP contribution in [0.2, 0.25) is 0 Å². The fraction of sp³-hybridized carbons (Fsp3) is 0.581. The molecule has 6 heteroatoms. The van der Waals surface area contributed by atoms with E-state index in [-0.39, 0.29) is 23.7 Å². The first-order chi connectivity index (χ1) is 17.8. The number of hydrogen-bond donors (Lipinski definition) is 5. The lowest BCUT2D eigenvalue weighted by atomic mass is 9.69. The molecule has 2 heterocycles. The van der Waals surface area contributed by atoms with E-state index >= 15 is 0 Å². The van der Waals surface area contributed by atoms with Crippen LogP contribution in [0.1, 0.15) is 85.2 Å². The number of phenolic OH excluding ortho intramolecular Hbond substituents is 1. The lowest BCUT2D eigenvalue weighted by molar-refractivity contribution is -0.926. The summed E-state index contributed by atoms with van der Waals surface area (Å²) in [6.07, 6.45) is 11.3. The lowest BCUT2D eigenvalue weighted by Crippen LogP contribution is -3.13. The van der Waals surface area contributed by atoms with Crippen molar-refractivity contribution in [3.63, 3.8) is 0 Å². The molecular formula is C31H46N4O2+2. The van der Waals surface area contributed by atoms with Gasteiger partial charge in [0.05, 0.1) is 19.1 Å². The minimum Gasteiger partial charge on any atom is -0.508 e. The predicted octanol–water partition coefficient (Wildman–Crippen LogP) is 2.96. The summed E-state index contributed by atoms with van der Waals surface area (Å²) in [4.78, 5) is 15.0. The third-order valence-electron chi connectivity index (χ3n) is 9.29. The highest BCUT2D eigenvalue weighted by atomic mass is 16.3. The molecule has 2 fully saturated rings. The molecule has 1 saturated carbocycles. The molecule has 3 aliphatic rings. The third kappa shape index (κ3) is 5.96. The summed E-state index contributed by atoms with van der Waals surface area (Å²) in [5, 5.41) is 16.7. The molecule has 1 aliphatic carbocycles. The van der Waals surface area contributed by atoms with Gasteiger partial charge in [-0.3, -0.25) is 4.79 Å². The van der Waals surface area contributed by atoms with Gasteiger partial charge in [0.1, 0.15) is 12.3 Å². The van der Waals surface area contributed by atoms with E-state index in [0.717, 1.165) is 41.9 Å². The Morgan fingerprint density at radius 3 is 2.62 bits per heavy atom. The van der Waals surface area contributed by atoms with Crippen molar-refractivity contribution in [2.75, 3.05) is 25.0 Å². The van der Waals surface area contributed by atoms with Crippen LogP contribution in [0.25, 0.3) is 0 Å². The highest BCUT2D eigenvalue weighted by Crippen LogP contribution is 2.40. The number of carbonyl (C=O) groups excluding carboxylic acids is 1. The van der Waals surface area contributed by atoms with E-state index in [9.17, 15) is 9.90 Å². The molecule has 1 saturated heterocycles. The molecule has 0 radical (unpaired) electrons. The van der Waals surface area contributed by atoms with Crippen molar-refractivity contribution in [3.05, 3.63) is 58.1 Å². The normalized spacial score (nSPS) is 23.6. The lowest BCUT2D eigenvalue weighted by Gasteiger charge is -2.43. The van der Waals surface area contributed by atoms with Crippen LogP contribution in [-0.4, -0.2) is 36.7 Å². The maximum Gasteiger partial charge on any atom is 0.278 e. The van der Waals surface area contributed by atoms with Crippen LogP contribution in [0, 0.1) is 19.3 Å². The molecule has 2 aliphatic heterocycles. The molecule has 1 spiro atoms. The molecule has 1 amide bonds. The van der Waals surface area contributed by atoms with Gasteiger partial charge in [0.2, 0.25) is 0 Å². The Labute approximate surface area is 222 Å². The Morgan fingerprint density at radius 1 is 1.14 bits per heavy atom. The quantitative estimate of drug-likeness (QED) is 0.417. The fourth-order valence-electron chi connectivity index (χ4n) is 7.34. The van der Waals surface area contributed by atoms with E-state index in [1.165, 1.54) is 69.2 Å². The molecule has 0 aromatic heterocycles. The monoisotopic (exact) mass is 506 g/mol. The maximum absolute atomic E-state index is 13.2. The molecule has 7 N–H and O–H groups in total. The van der Waals surface area contributed by atoms with Crippen molar-refractivity contribution in [1.29, 1.82) is 0 Å². The first kappa shape index (κ1) is 26.1. The smallest absolute Gasteiger partial charge is 0.278 e. The van der Waals surface area contributed by atoms with Crippen LogP contribution < -0.4 is 21.3 Å². The number of fused-ring (bicyclic) bond motifs is 1. The topological polar surface area (TPSA) is 93.4 Å². The van der Waals surface area contributed by atoms with E-state index in [1.54, 1.807) is 17.0 Å². The second-order valence-corrected chi connectivity index (χ2v) is 12.2. The van der Waals surface area contributed by atoms with Crippen molar-refractivity contribution < 1.29 is 20.5 Å². The molecule has 6 nitrogen and oxygen atoms in total. The first-order valence-corrected chi connectivity index (χ1v) is 14.4. The summed E-state index contributed by atoms with van der Waals surface area (Å²) in [6.45, 7) is 8.50. The van der Waals surface area contributed by atoms with Crippen LogP contribution in [0.5, 0.6) is 5.75 Å². The second-order valence-electron chi connectivity index (χ2n) is 12.2. The average Bonchev–Trinajstić information content (AvgIpc) is 2.87. The highest BCUT2D eigenvalue weighted by molar-refractivity contribution is 5.81. The van der Waals surface area contributed by atoms with Gasteiger partial charge in [-0.05, 0) is 92.5 Å². The van der Waals surface area contributed by atoms with Crippen molar-refractivity contribution in [2.45, 2.75) is 90.3 Å². The number of nitrogens with one attached hydrogen (secondary N) is 3. The molecule has 1 unspecified atom stereocenters. The molecule has 3 atom stereocenters. The number of quaternary nitrogens is 2. The van der Waals surface area contributed by atoms with Gasteiger partial charge in [0.15, 0.2) is 6.04 Å². The summed E-state index contributed by atoms with van der Waals surface area (Å²) < 4.78 is 0. The van der Waals surface area contributed by atoms with Gasteiger partial charge in [-0.15, -0.1) is 0 Å². The second kappa shape index (κ2) is 11.0. The van der Waals surface area contributed by atoms with Gasteiger partial charge >= 0.3 is 0 Å². The van der Waals surface area contributed by atoms with Gasteiger partial charge in [0.25, 0.3) is 5.91 Å². The number of phenols is 1. The summed E-state index contributed by atoms with van der Waals surface area (Å²) in [5.41, 5.74) is 11.6. The van der Waals surface area contributed by atoms with Gasteiger partial charge in [-0.25, -0.2) is 0 Å². The zero-order valence-corrected chi connectivity index (χ0v) is 22.8. The molecule has 5 rings (SSSR count). The Kier molecular flexibility index (Phi) is 7.77. The average molecular weight is 507 g/mol. The van der Waals surface area contributed by atoms with Gasteiger partial charge in [-0.2, -0.15) is 0 Å². The molecule has 37 heavy (non-hydrogen) atoms. The van der Waals surface area contributed by atoms with Crippen LogP contribution in [0.15, 0.2) is 30.3 Å².